The number of nitrogens with zero attached hydrogens (tertiary/aromatic N) is 1. The third kappa shape index (κ3) is 13.7. The molecule has 1 N–H and O–H groups in total. The predicted molar refractivity (Wildman–Crippen MR) is 51.6 cm³/mol. The van der Waals surface area contributed by atoms with E-state index in [0.29, 0.717) is 6.61 Å². The first-order valence-electron chi connectivity index (χ1n) is 3.83. The molecule has 0 heterocycles. The molecule has 6 nitrogen and oxygen atoms in total. The van der Waals surface area contributed by atoms with Gasteiger partial charge in [-0.1, -0.05) is 0 Å². The molecule has 0 saturated carbocycles. The molecule has 14 heavy (non-hydrogen) atoms. The molecule has 0 aliphatic rings. The van der Waals surface area contributed by atoms with Crippen LogP contribution in [-0.2, 0) is 18.4 Å². The quantitative estimate of drug-likeness (QED) is 0.438. The van der Waals surface area contributed by atoms with Crippen molar-refractivity contribution in [3.05, 3.63) is 0 Å². The fourth-order valence-corrected chi connectivity index (χ4v) is 0.940. The molecule has 82 valence electrons. The molecule has 1 unspecified atom stereocenters. The van der Waals surface area contributed by atoms with E-state index in [-0.39, 0.29) is 5.91 Å². The Kier molecular flexibility index (Phi) is 9.68. The highest BCUT2D eigenvalue weighted by molar-refractivity contribution is 7.52. The molecule has 0 fully saturated rings. The third-order valence-electron chi connectivity index (χ3n) is 0.927. The molecule has 7 heteroatoms. The topological polar surface area (TPSA) is 88.4 Å². The van der Waals surface area contributed by atoms with E-state index >= 15 is 0 Å². The van der Waals surface area contributed by atoms with Gasteiger partial charge in [-0.05, 0) is 6.92 Å². The van der Waals surface area contributed by atoms with Crippen molar-refractivity contribution in [2.24, 2.45) is 0 Å². The highest BCUT2D eigenvalue weighted by Gasteiger charge is 2.11. The normalized spacial score (nSPS) is 12.8. The molecule has 0 aromatic heterocycles. The second kappa shape index (κ2) is 8.70. The minimum Gasteiger partial charge on any atom is -0.312 e. The number of hydrogen-bond donors (Lipinski definition) is 1. The van der Waals surface area contributed by atoms with Crippen molar-refractivity contribution in [3.63, 3.8) is 0 Å². The highest BCUT2D eigenvalue weighted by Crippen LogP contribution is 2.41. The van der Waals surface area contributed by atoms with Crippen LogP contribution < -0.4 is 5.32 Å². The van der Waals surface area contributed by atoms with Crippen molar-refractivity contribution in [2.75, 3.05) is 20.4 Å². The van der Waals surface area contributed by atoms with Crippen LogP contribution in [-0.4, -0.2) is 26.3 Å². The van der Waals surface area contributed by atoms with E-state index in [4.69, 9.17) is 9.79 Å². The average Bonchev–Trinajstić information content (AvgIpc) is 2.05. The van der Waals surface area contributed by atoms with Crippen LogP contribution >= 0.6 is 7.60 Å². The van der Waals surface area contributed by atoms with E-state index in [1.54, 1.807) is 6.92 Å². The molecule has 0 rings (SSSR count). The van der Waals surface area contributed by atoms with Gasteiger partial charge < -0.3 is 9.05 Å². The third-order valence-corrected chi connectivity index (χ3v) is 2.32. The lowest BCUT2D eigenvalue weighted by molar-refractivity contribution is -0.117. The van der Waals surface area contributed by atoms with Crippen molar-refractivity contribution in [1.29, 1.82) is 5.26 Å². The molecule has 0 aromatic carbocycles. The minimum atomic E-state index is -2.67. The van der Waals surface area contributed by atoms with Gasteiger partial charge in [0.25, 0.3) is 0 Å². The van der Waals surface area contributed by atoms with Crippen LogP contribution in [0.1, 0.15) is 13.8 Å². The van der Waals surface area contributed by atoms with Crippen LogP contribution in [0.4, 0.5) is 0 Å². The Bertz CT molecular complexity index is 249. The zero-order valence-corrected chi connectivity index (χ0v) is 9.63. The summed E-state index contributed by atoms with van der Waals surface area (Å²) in [5.74, 6) is -0.322. The molecular formula is C7H15N2O4P. The van der Waals surface area contributed by atoms with E-state index in [0.717, 1.165) is 0 Å². The first kappa shape index (κ1) is 15.6. The van der Waals surface area contributed by atoms with Crippen molar-refractivity contribution in [2.45, 2.75) is 13.8 Å². The van der Waals surface area contributed by atoms with Crippen LogP contribution in [0, 0.1) is 11.5 Å². The molecular weight excluding hydrogens is 207 g/mol. The van der Waals surface area contributed by atoms with Crippen molar-refractivity contribution >= 4 is 13.5 Å². The van der Waals surface area contributed by atoms with Crippen LogP contribution in [0.5, 0.6) is 0 Å². The van der Waals surface area contributed by atoms with Crippen molar-refractivity contribution < 1.29 is 18.4 Å². The molecule has 0 aromatic rings. The lowest BCUT2D eigenvalue weighted by atomic mass is 10.7. The fourth-order valence-electron chi connectivity index (χ4n) is 0.366. The molecule has 0 aliphatic heterocycles. The second-order valence-corrected chi connectivity index (χ2v) is 4.33. The van der Waals surface area contributed by atoms with Gasteiger partial charge in [-0.25, -0.2) is 0 Å². The average molecular weight is 222 g/mol. The maximum absolute atomic E-state index is 10.7. The number of carbonyl (C=O) groups excluding carboxylic acids is 1. The molecule has 0 spiro atoms. The molecule has 0 saturated heterocycles. The smallest absolute Gasteiger partial charge is 0.312 e. The molecule has 1 amide bonds. The lowest BCUT2D eigenvalue weighted by Gasteiger charge is -2.07. The van der Waals surface area contributed by atoms with Crippen LogP contribution in [0.25, 0.3) is 0 Å². The van der Waals surface area contributed by atoms with E-state index < -0.39 is 7.60 Å². The van der Waals surface area contributed by atoms with Crippen molar-refractivity contribution in [1.82, 2.24) is 5.32 Å². The number of carbonyl (C=O) groups is 1. The standard InChI is InChI=1S/C4H11O3P.C3H4N2O/c1-4-7-8(3,5)6-2;1-3(6)5-2-4/h4H2,1-3H3;1H3,(H,5,6). The Morgan fingerprint density at radius 3 is 2.21 bits per heavy atom. The van der Waals surface area contributed by atoms with Crippen molar-refractivity contribution in [3.8, 4) is 6.19 Å². The van der Waals surface area contributed by atoms with Crippen LogP contribution in [0.15, 0.2) is 0 Å². The maximum Gasteiger partial charge on any atom is 0.327 e. The Hall–Kier alpha value is -0.890. The van der Waals surface area contributed by atoms with Gasteiger partial charge in [-0.2, -0.15) is 5.26 Å². The maximum atomic E-state index is 10.7. The highest BCUT2D eigenvalue weighted by atomic mass is 31.2. The number of hydrogen-bond acceptors (Lipinski definition) is 5. The molecule has 1 atom stereocenters. The summed E-state index contributed by atoms with van der Waals surface area (Å²) in [4.78, 5) is 9.71. The Morgan fingerprint density at radius 1 is 1.64 bits per heavy atom. The van der Waals surface area contributed by atoms with Gasteiger partial charge >= 0.3 is 7.60 Å². The van der Waals surface area contributed by atoms with Gasteiger partial charge in [-0.15, -0.1) is 0 Å². The van der Waals surface area contributed by atoms with Gasteiger partial charge in [0.05, 0.1) is 6.61 Å². The van der Waals surface area contributed by atoms with E-state index in [1.807, 2.05) is 5.32 Å². The first-order chi connectivity index (χ1) is 6.39. The lowest BCUT2D eigenvalue weighted by Crippen LogP contribution is -2.11. The summed E-state index contributed by atoms with van der Waals surface area (Å²) in [6.07, 6.45) is 1.47. The fraction of sp³-hybridized carbons (Fsp3) is 0.714. The SMILES string of the molecule is CC(=O)NC#N.CCOP(C)(=O)OC. The van der Waals surface area contributed by atoms with E-state index in [1.165, 1.54) is 26.9 Å². The van der Waals surface area contributed by atoms with E-state index in [2.05, 4.69) is 4.52 Å². The minimum absolute atomic E-state index is 0.322. The zero-order chi connectivity index (χ0) is 11.6. The monoisotopic (exact) mass is 222 g/mol. The molecule has 0 aliphatic carbocycles. The van der Waals surface area contributed by atoms with E-state index in [9.17, 15) is 9.36 Å². The van der Waals surface area contributed by atoms with Gasteiger partial charge in [0.15, 0.2) is 6.19 Å². The number of amides is 1. The summed E-state index contributed by atoms with van der Waals surface area (Å²) in [6.45, 7) is 4.93. The summed E-state index contributed by atoms with van der Waals surface area (Å²) in [6, 6.07) is 0. The van der Waals surface area contributed by atoms with Gasteiger partial charge in [0.2, 0.25) is 5.91 Å². The molecule has 0 bridgehead atoms. The Labute approximate surface area is 83.7 Å². The zero-order valence-electron chi connectivity index (χ0n) is 8.73. The first-order valence-corrected chi connectivity index (χ1v) is 5.82. The largest absolute Gasteiger partial charge is 0.327 e. The second-order valence-electron chi connectivity index (χ2n) is 2.16. The Balaban J connectivity index is 0. The van der Waals surface area contributed by atoms with Gasteiger partial charge in [0, 0.05) is 20.7 Å². The Morgan fingerprint density at radius 2 is 2.14 bits per heavy atom. The van der Waals surface area contributed by atoms with Gasteiger partial charge in [-0.3, -0.25) is 14.7 Å². The number of rotatable bonds is 3. The number of nitrogens with one attached hydrogen (secondary N) is 1. The number of nitriles is 1. The summed E-state index contributed by atoms with van der Waals surface area (Å²) in [5, 5.41) is 9.53. The van der Waals surface area contributed by atoms with Crippen LogP contribution in [0.3, 0.4) is 0 Å². The summed E-state index contributed by atoms with van der Waals surface area (Å²) >= 11 is 0. The molecule has 0 radical (unpaired) electrons. The summed E-state index contributed by atoms with van der Waals surface area (Å²) in [7, 11) is -1.30. The van der Waals surface area contributed by atoms with Crippen LogP contribution in [0.2, 0.25) is 0 Å². The summed E-state index contributed by atoms with van der Waals surface area (Å²) in [5.41, 5.74) is 0. The van der Waals surface area contributed by atoms with Gasteiger partial charge in [0.1, 0.15) is 0 Å². The summed E-state index contributed by atoms with van der Waals surface area (Å²) < 4.78 is 20.0. The predicted octanol–water partition coefficient (Wildman–Crippen LogP) is 1.10.